The second-order valence-corrected chi connectivity index (χ2v) is 4.30. The van der Waals surface area contributed by atoms with Gasteiger partial charge in [-0.3, -0.25) is 4.79 Å². The van der Waals surface area contributed by atoms with Crippen LogP contribution in [0.3, 0.4) is 0 Å². The molecule has 1 heterocycles. The molecule has 94 valence electrons. The molecule has 0 aliphatic heterocycles. The molecule has 0 saturated carbocycles. The molecule has 0 spiro atoms. The minimum Gasteiger partial charge on any atom is -0.310 e. The zero-order chi connectivity index (χ0) is 13.2. The molecular weight excluding hydrogens is 243 g/mol. The number of hydrogen-bond acceptors (Lipinski definition) is 2. The van der Waals surface area contributed by atoms with Crippen molar-refractivity contribution in [2.45, 2.75) is 6.42 Å². The smallest absolute Gasteiger partial charge is 0.258 e. The standard InChI is InChI=1S/C15H11FN2O/c16-12-7-3-1-5-10(12)9-14-17-13-8-4-2-6-11(13)15(19)18-14/h1-8H,9H2,(H,17,18,19). The maximum Gasteiger partial charge on any atom is 0.258 e. The first-order valence-corrected chi connectivity index (χ1v) is 5.95. The van der Waals surface area contributed by atoms with E-state index >= 15 is 0 Å². The van der Waals surface area contributed by atoms with E-state index in [1.807, 2.05) is 6.07 Å². The number of H-pyrrole nitrogens is 1. The Morgan fingerprint density at radius 1 is 1.05 bits per heavy atom. The van der Waals surface area contributed by atoms with Crippen molar-refractivity contribution >= 4 is 10.9 Å². The lowest BCUT2D eigenvalue weighted by Crippen LogP contribution is -2.12. The third-order valence-corrected chi connectivity index (χ3v) is 2.98. The van der Waals surface area contributed by atoms with Crippen LogP contribution < -0.4 is 5.56 Å². The molecule has 0 bridgehead atoms. The van der Waals surface area contributed by atoms with Gasteiger partial charge in [0.15, 0.2) is 0 Å². The largest absolute Gasteiger partial charge is 0.310 e. The van der Waals surface area contributed by atoms with Gasteiger partial charge < -0.3 is 4.98 Å². The average molecular weight is 254 g/mol. The van der Waals surface area contributed by atoms with Gasteiger partial charge >= 0.3 is 0 Å². The van der Waals surface area contributed by atoms with Crippen LogP contribution in [0, 0.1) is 5.82 Å². The first-order valence-electron chi connectivity index (χ1n) is 5.95. The Morgan fingerprint density at radius 3 is 2.63 bits per heavy atom. The summed E-state index contributed by atoms with van der Waals surface area (Å²) in [6, 6.07) is 13.6. The molecule has 0 atom stereocenters. The van der Waals surface area contributed by atoms with E-state index in [-0.39, 0.29) is 17.8 Å². The van der Waals surface area contributed by atoms with Crippen molar-refractivity contribution in [3.63, 3.8) is 0 Å². The Balaban J connectivity index is 2.07. The van der Waals surface area contributed by atoms with Crippen molar-refractivity contribution in [1.82, 2.24) is 9.97 Å². The van der Waals surface area contributed by atoms with E-state index in [4.69, 9.17) is 0 Å². The van der Waals surface area contributed by atoms with Gasteiger partial charge in [-0.15, -0.1) is 0 Å². The highest BCUT2D eigenvalue weighted by atomic mass is 19.1. The lowest BCUT2D eigenvalue weighted by atomic mass is 10.1. The van der Waals surface area contributed by atoms with Crippen molar-refractivity contribution in [3.05, 3.63) is 76.1 Å². The number of aromatic nitrogens is 2. The van der Waals surface area contributed by atoms with Gasteiger partial charge in [0.25, 0.3) is 5.56 Å². The molecule has 2 aromatic carbocycles. The summed E-state index contributed by atoms with van der Waals surface area (Å²) in [5, 5.41) is 0.541. The van der Waals surface area contributed by atoms with Crippen molar-refractivity contribution < 1.29 is 4.39 Å². The summed E-state index contributed by atoms with van der Waals surface area (Å²) < 4.78 is 13.6. The highest BCUT2D eigenvalue weighted by Gasteiger charge is 2.06. The molecule has 3 aromatic rings. The zero-order valence-electron chi connectivity index (χ0n) is 10.1. The van der Waals surface area contributed by atoms with Crippen LogP contribution >= 0.6 is 0 Å². The zero-order valence-corrected chi connectivity index (χ0v) is 10.1. The first kappa shape index (κ1) is 11.6. The monoisotopic (exact) mass is 254 g/mol. The Labute approximate surface area is 108 Å². The van der Waals surface area contributed by atoms with Gasteiger partial charge in [-0.1, -0.05) is 30.3 Å². The van der Waals surface area contributed by atoms with Gasteiger partial charge in [0.2, 0.25) is 0 Å². The summed E-state index contributed by atoms with van der Waals surface area (Å²) in [6.07, 6.45) is 0.271. The van der Waals surface area contributed by atoms with Gasteiger partial charge in [-0.2, -0.15) is 0 Å². The summed E-state index contributed by atoms with van der Waals surface area (Å²) in [5.41, 5.74) is 0.940. The number of benzene rings is 2. The number of para-hydroxylation sites is 1. The molecular formula is C15H11FN2O. The van der Waals surface area contributed by atoms with Crippen LogP contribution in [0.5, 0.6) is 0 Å². The van der Waals surface area contributed by atoms with Crippen molar-refractivity contribution in [2.75, 3.05) is 0 Å². The summed E-state index contributed by atoms with van der Waals surface area (Å²) in [6.45, 7) is 0. The highest BCUT2D eigenvalue weighted by Crippen LogP contribution is 2.12. The van der Waals surface area contributed by atoms with Gasteiger partial charge in [0.1, 0.15) is 11.6 Å². The van der Waals surface area contributed by atoms with Crippen LogP contribution in [0.2, 0.25) is 0 Å². The number of hydrogen-bond donors (Lipinski definition) is 1. The fourth-order valence-corrected chi connectivity index (χ4v) is 2.04. The third-order valence-electron chi connectivity index (χ3n) is 2.98. The van der Waals surface area contributed by atoms with Crippen LogP contribution in [-0.4, -0.2) is 9.97 Å². The fourth-order valence-electron chi connectivity index (χ4n) is 2.04. The van der Waals surface area contributed by atoms with Gasteiger partial charge in [0.05, 0.1) is 10.9 Å². The minimum atomic E-state index is -0.293. The molecule has 0 aliphatic rings. The van der Waals surface area contributed by atoms with E-state index in [0.29, 0.717) is 22.3 Å². The SMILES string of the molecule is O=c1[nH]c(Cc2ccccc2F)nc2ccccc12. The van der Waals surface area contributed by atoms with Gasteiger partial charge in [-0.05, 0) is 23.8 Å². The Bertz CT molecular complexity index is 795. The fraction of sp³-hybridized carbons (Fsp3) is 0.0667. The second-order valence-electron chi connectivity index (χ2n) is 4.30. The molecule has 19 heavy (non-hydrogen) atoms. The predicted molar refractivity (Wildman–Crippen MR) is 71.6 cm³/mol. The normalized spacial score (nSPS) is 10.8. The molecule has 1 aromatic heterocycles. The summed E-state index contributed by atoms with van der Waals surface area (Å²) in [4.78, 5) is 18.9. The van der Waals surface area contributed by atoms with Crippen molar-refractivity contribution in [3.8, 4) is 0 Å². The molecule has 1 N–H and O–H groups in total. The van der Waals surface area contributed by atoms with Gasteiger partial charge in [-0.25, -0.2) is 9.37 Å². The quantitative estimate of drug-likeness (QED) is 0.764. The second kappa shape index (κ2) is 4.65. The Hall–Kier alpha value is -2.49. The number of nitrogens with one attached hydrogen (secondary N) is 1. The Kier molecular flexibility index (Phi) is 2.83. The topological polar surface area (TPSA) is 45.8 Å². The van der Waals surface area contributed by atoms with Crippen molar-refractivity contribution in [2.24, 2.45) is 0 Å². The van der Waals surface area contributed by atoms with E-state index in [2.05, 4.69) is 9.97 Å². The highest BCUT2D eigenvalue weighted by molar-refractivity contribution is 5.77. The Morgan fingerprint density at radius 2 is 1.79 bits per heavy atom. The molecule has 0 amide bonds. The van der Waals surface area contributed by atoms with Crippen molar-refractivity contribution in [1.29, 1.82) is 0 Å². The summed E-state index contributed by atoms with van der Waals surface area (Å²) in [7, 11) is 0. The maximum atomic E-state index is 13.6. The maximum absolute atomic E-state index is 13.6. The molecule has 0 aliphatic carbocycles. The van der Waals surface area contributed by atoms with E-state index in [1.54, 1.807) is 36.4 Å². The van der Waals surface area contributed by atoms with E-state index in [0.717, 1.165) is 0 Å². The molecule has 3 nitrogen and oxygen atoms in total. The number of rotatable bonds is 2. The number of nitrogens with zero attached hydrogens (tertiary/aromatic N) is 1. The van der Waals surface area contributed by atoms with Crippen LogP contribution in [-0.2, 0) is 6.42 Å². The number of fused-ring (bicyclic) bond motifs is 1. The molecule has 0 radical (unpaired) electrons. The lowest BCUT2D eigenvalue weighted by Gasteiger charge is -2.04. The van der Waals surface area contributed by atoms with E-state index in [9.17, 15) is 9.18 Å². The predicted octanol–water partition coefficient (Wildman–Crippen LogP) is 2.65. The molecule has 0 unspecified atom stereocenters. The summed E-state index contributed by atoms with van der Waals surface area (Å²) >= 11 is 0. The molecule has 0 saturated heterocycles. The van der Waals surface area contributed by atoms with E-state index < -0.39 is 0 Å². The molecule has 4 heteroatoms. The third kappa shape index (κ3) is 2.25. The first-order chi connectivity index (χ1) is 9.24. The van der Waals surface area contributed by atoms with Crippen LogP contribution in [0.25, 0.3) is 10.9 Å². The van der Waals surface area contributed by atoms with Crippen LogP contribution in [0.4, 0.5) is 4.39 Å². The lowest BCUT2D eigenvalue weighted by molar-refractivity contribution is 0.612. The van der Waals surface area contributed by atoms with Crippen LogP contribution in [0.1, 0.15) is 11.4 Å². The van der Waals surface area contributed by atoms with Crippen LogP contribution in [0.15, 0.2) is 53.3 Å². The average Bonchev–Trinajstić information content (AvgIpc) is 2.42. The molecule has 3 rings (SSSR count). The summed E-state index contributed by atoms with van der Waals surface area (Å²) in [5.74, 6) is 0.173. The van der Waals surface area contributed by atoms with Gasteiger partial charge in [0, 0.05) is 6.42 Å². The minimum absolute atomic E-state index is 0.197. The van der Waals surface area contributed by atoms with E-state index in [1.165, 1.54) is 6.07 Å². The molecule has 0 fully saturated rings. The number of aromatic amines is 1. The number of halogens is 1.